The molecule has 1 unspecified atom stereocenters. The molecule has 172 valence electrons. The van der Waals surface area contributed by atoms with E-state index >= 15 is 0 Å². The number of rotatable bonds is 4. The minimum atomic E-state index is -4.37. The van der Waals surface area contributed by atoms with Crippen LogP contribution < -0.4 is 5.32 Å². The summed E-state index contributed by atoms with van der Waals surface area (Å²) in [5.41, 5.74) is 2.59. The number of aromatic nitrogens is 3. The number of hydrogen-bond donors (Lipinski definition) is 1. The van der Waals surface area contributed by atoms with Gasteiger partial charge in [-0.1, -0.05) is 35.5 Å². The van der Waals surface area contributed by atoms with Crippen molar-refractivity contribution in [1.82, 2.24) is 14.8 Å². The maximum Gasteiger partial charge on any atom is 0.416 e. The quantitative estimate of drug-likeness (QED) is 0.333. The van der Waals surface area contributed by atoms with Crippen molar-refractivity contribution in [1.29, 1.82) is 0 Å². The minimum Gasteiger partial charge on any atom is -0.335 e. The Morgan fingerprint density at radius 1 is 0.941 bits per heavy atom. The highest BCUT2D eigenvalue weighted by Crippen LogP contribution is 2.32. The van der Waals surface area contributed by atoms with E-state index in [0.717, 1.165) is 39.9 Å². The first kappa shape index (κ1) is 22.5. The maximum absolute atomic E-state index is 12.8. The van der Waals surface area contributed by atoms with Gasteiger partial charge < -0.3 is 5.32 Å². The van der Waals surface area contributed by atoms with Crippen LogP contribution in [0.3, 0.4) is 0 Å². The standard InChI is InChI=1S/C24H17ClF3N5S/c25-18-7-1-15(2-8-18)21-13-34-23(31-21)30-19-9-3-16(4-10-19)22-29-14-33(32-22)20-11-5-17(6-12-20)24(26,27)28/h1-12,14,21H,13H2,(H,30,31). The number of thioether (sulfide) groups is 1. The van der Waals surface area contributed by atoms with Crippen LogP contribution in [0.5, 0.6) is 0 Å². The van der Waals surface area contributed by atoms with Gasteiger partial charge in [-0.05, 0) is 66.2 Å². The van der Waals surface area contributed by atoms with Gasteiger partial charge in [0.15, 0.2) is 11.0 Å². The SMILES string of the molecule is FC(F)(F)c1ccc(-n2cnc(-c3ccc(NC4=NC(c5ccc(Cl)cc5)CS4)cc3)n2)cc1. The number of alkyl halides is 3. The highest BCUT2D eigenvalue weighted by molar-refractivity contribution is 8.14. The molecular formula is C24H17ClF3N5S. The first-order chi connectivity index (χ1) is 16.3. The fourth-order valence-electron chi connectivity index (χ4n) is 3.45. The molecule has 0 saturated heterocycles. The zero-order valence-corrected chi connectivity index (χ0v) is 19.1. The third-order valence-corrected chi connectivity index (χ3v) is 6.47. The van der Waals surface area contributed by atoms with E-state index in [2.05, 4.69) is 15.4 Å². The summed E-state index contributed by atoms with van der Waals surface area (Å²) in [6.07, 6.45) is -2.90. The second-order valence-corrected chi connectivity index (χ2v) is 9.02. The average molecular weight is 500 g/mol. The summed E-state index contributed by atoms with van der Waals surface area (Å²) >= 11 is 7.62. The Bertz CT molecular complexity index is 1320. The van der Waals surface area contributed by atoms with E-state index in [-0.39, 0.29) is 6.04 Å². The Hall–Kier alpha value is -3.30. The monoisotopic (exact) mass is 499 g/mol. The normalized spacial score (nSPS) is 15.9. The van der Waals surface area contributed by atoms with E-state index in [0.29, 0.717) is 16.5 Å². The molecule has 2 heterocycles. The number of halogens is 4. The molecule has 1 N–H and O–H groups in total. The number of benzene rings is 3. The third kappa shape index (κ3) is 4.95. The van der Waals surface area contributed by atoms with Crippen LogP contribution in [0, 0.1) is 0 Å². The zero-order valence-electron chi connectivity index (χ0n) is 17.5. The van der Waals surface area contributed by atoms with Crippen molar-refractivity contribution in [3.8, 4) is 17.1 Å². The van der Waals surface area contributed by atoms with Crippen LogP contribution >= 0.6 is 23.4 Å². The number of hydrogen-bond acceptors (Lipinski definition) is 5. The molecule has 0 saturated carbocycles. The Kier molecular flexibility index (Phi) is 6.05. The number of amidine groups is 1. The molecule has 1 aliphatic rings. The number of aliphatic imine (C=N–C) groups is 1. The predicted octanol–water partition coefficient (Wildman–Crippen LogP) is 6.86. The molecule has 1 atom stereocenters. The molecule has 0 fully saturated rings. The fourth-order valence-corrected chi connectivity index (χ4v) is 4.55. The lowest BCUT2D eigenvalue weighted by molar-refractivity contribution is -0.137. The Balaban J connectivity index is 1.26. The van der Waals surface area contributed by atoms with E-state index < -0.39 is 11.7 Å². The van der Waals surface area contributed by atoms with Gasteiger partial charge in [0.1, 0.15) is 6.33 Å². The van der Waals surface area contributed by atoms with Gasteiger partial charge in [0.2, 0.25) is 0 Å². The van der Waals surface area contributed by atoms with Gasteiger partial charge in [0, 0.05) is 22.0 Å². The van der Waals surface area contributed by atoms with Gasteiger partial charge >= 0.3 is 6.18 Å². The number of anilines is 1. The van der Waals surface area contributed by atoms with Crippen LogP contribution in [-0.2, 0) is 6.18 Å². The summed E-state index contributed by atoms with van der Waals surface area (Å²) in [7, 11) is 0. The maximum atomic E-state index is 12.8. The molecule has 3 aromatic carbocycles. The zero-order chi connectivity index (χ0) is 23.7. The smallest absolute Gasteiger partial charge is 0.335 e. The van der Waals surface area contributed by atoms with Crippen LogP contribution in [0.25, 0.3) is 17.1 Å². The van der Waals surface area contributed by atoms with Crippen molar-refractivity contribution in [2.45, 2.75) is 12.2 Å². The lowest BCUT2D eigenvalue weighted by Crippen LogP contribution is -2.05. The van der Waals surface area contributed by atoms with Crippen LogP contribution in [0.2, 0.25) is 5.02 Å². The number of nitrogens with zero attached hydrogens (tertiary/aromatic N) is 4. The summed E-state index contributed by atoms with van der Waals surface area (Å²) in [5.74, 6) is 1.33. The highest BCUT2D eigenvalue weighted by atomic mass is 35.5. The molecule has 0 radical (unpaired) electrons. The molecule has 1 aliphatic heterocycles. The van der Waals surface area contributed by atoms with Gasteiger partial charge in [0.05, 0.1) is 17.3 Å². The summed E-state index contributed by atoms with van der Waals surface area (Å²) in [6.45, 7) is 0. The highest BCUT2D eigenvalue weighted by Gasteiger charge is 2.30. The topological polar surface area (TPSA) is 55.1 Å². The average Bonchev–Trinajstić information content (AvgIpc) is 3.50. The largest absolute Gasteiger partial charge is 0.416 e. The third-order valence-electron chi connectivity index (χ3n) is 5.25. The predicted molar refractivity (Wildman–Crippen MR) is 130 cm³/mol. The van der Waals surface area contributed by atoms with Gasteiger partial charge in [-0.2, -0.15) is 13.2 Å². The fraction of sp³-hybridized carbons (Fsp3) is 0.125. The summed E-state index contributed by atoms with van der Waals surface area (Å²) < 4.78 is 39.7. The summed E-state index contributed by atoms with van der Waals surface area (Å²) in [4.78, 5) is 9.04. The van der Waals surface area contributed by atoms with E-state index in [1.54, 1.807) is 11.8 Å². The minimum absolute atomic E-state index is 0.0856. The van der Waals surface area contributed by atoms with E-state index in [9.17, 15) is 13.2 Å². The Morgan fingerprint density at radius 2 is 1.65 bits per heavy atom. The molecule has 4 aromatic rings. The van der Waals surface area contributed by atoms with Gasteiger partial charge in [-0.3, -0.25) is 4.99 Å². The first-order valence-electron chi connectivity index (χ1n) is 10.3. The second-order valence-electron chi connectivity index (χ2n) is 7.57. The van der Waals surface area contributed by atoms with Gasteiger partial charge in [-0.25, -0.2) is 9.67 Å². The van der Waals surface area contributed by atoms with Crippen molar-refractivity contribution >= 4 is 34.2 Å². The molecule has 5 rings (SSSR count). The van der Waals surface area contributed by atoms with Crippen molar-refractivity contribution in [2.75, 3.05) is 11.1 Å². The van der Waals surface area contributed by atoms with Crippen molar-refractivity contribution in [3.05, 3.63) is 95.3 Å². The molecule has 0 spiro atoms. The van der Waals surface area contributed by atoms with Crippen molar-refractivity contribution in [2.24, 2.45) is 4.99 Å². The molecule has 0 amide bonds. The van der Waals surface area contributed by atoms with Crippen LogP contribution in [0.4, 0.5) is 18.9 Å². The van der Waals surface area contributed by atoms with Crippen LogP contribution in [0.15, 0.2) is 84.1 Å². The van der Waals surface area contributed by atoms with Crippen LogP contribution in [-0.4, -0.2) is 25.7 Å². The molecule has 1 aromatic heterocycles. The van der Waals surface area contributed by atoms with E-state index in [1.807, 2.05) is 48.5 Å². The Labute approximate surface area is 202 Å². The lowest BCUT2D eigenvalue weighted by atomic mass is 10.1. The van der Waals surface area contributed by atoms with Crippen molar-refractivity contribution < 1.29 is 13.2 Å². The lowest BCUT2D eigenvalue weighted by Gasteiger charge is -2.07. The number of nitrogens with one attached hydrogen (secondary N) is 1. The van der Waals surface area contributed by atoms with Crippen LogP contribution in [0.1, 0.15) is 17.2 Å². The molecule has 34 heavy (non-hydrogen) atoms. The van der Waals surface area contributed by atoms with Gasteiger partial charge in [0.25, 0.3) is 0 Å². The van der Waals surface area contributed by atoms with Crippen molar-refractivity contribution in [3.63, 3.8) is 0 Å². The van der Waals surface area contributed by atoms with E-state index in [1.165, 1.54) is 23.1 Å². The van der Waals surface area contributed by atoms with E-state index in [4.69, 9.17) is 16.6 Å². The summed E-state index contributed by atoms with van der Waals surface area (Å²) in [5, 5.41) is 9.27. The molecule has 0 aliphatic carbocycles. The molecule has 10 heteroatoms. The molecule has 0 bridgehead atoms. The summed E-state index contributed by atoms with van der Waals surface area (Å²) in [6, 6.07) is 20.2. The molecule has 5 nitrogen and oxygen atoms in total. The second kappa shape index (κ2) is 9.15. The first-order valence-corrected chi connectivity index (χ1v) is 11.6. The molecular weight excluding hydrogens is 483 g/mol. The van der Waals surface area contributed by atoms with Gasteiger partial charge in [-0.15, -0.1) is 5.10 Å². The Morgan fingerprint density at radius 3 is 2.32 bits per heavy atom.